The van der Waals surface area contributed by atoms with Gasteiger partial charge in [0.15, 0.2) is 0 Å². The Morgan fingerprint density at radius 1 is 1.50 bits per heavy atom. The lowest BCUT2D eigenvalue weighted by atomic mass is 9.94. The van der Waals surface area contributed by atoms with Crippen LogP contribution in [0.3, 0.4) is 0 Å². The molecule has 0 bridgehead atoms. The van der Waals surface area contributed by atoms with E-state index in [1.54, 1.807) is 0 Å². The monoisotopic (exact) mass is 269 g/mol. The van der Waals surface area contributed by atoms with Gasteiger partial charge < -0.3 is 0 Å². The van der Waals surface area contributed by atoms with Crippen LogP contribution < -0.4 is 5.32 Å². The van der Waals surface area contributed by atoms with Crippen LogP contribution in [0.1, 0.15) is 33.1 Å². The van der Waals surface area contributed by atoms with Crippen LogP contribution in [-0.2, 0) is 10.8 Å². The van der Waals surface area contributed by atoms with Gasteiger partial charge in [0.1, 0.15) is 5.54 Å². The molecule has 2 unspecified atom stereocenters. The molecule has 1 saturated carbocycles. The van der Waals surface area contributed by atoms with Crippen LogP contribution in [0.25, 0.3) is 0 Å². The average molecular weight is 269 g/mol. The van der Waals surface area contributed by atoms with Gasteiger partial charge in [-0.1, -0.05) is 0 Å². The smallest absolute Gasteiger partial charge is 0.105 e. The summed E-state index contributed by atoms with van der Waals surface area (Å²) in [4.78, 5) is 2.37. The van der Waals surface area contributed by atoms with E-state index in [0.29, 0.717) is 12.1 Å². The van der Waals surface area contributed by atoms with E-state index in [2.05, 4.69) is 23.2 Å². The van der Waals surface area contributed by atoms with Crippen molar-refractivity contribution in [2.45, 2.75) is 50.7 Å². The molecular formula is C13H23N3OS. The standard InChI is InChI=1S/C13H23N3OS/c1-11(16-5-7-18(17)8-6-16)9-13(2,10-14)15-12-3-4-12/h11-12,15H,3-9H2,1-2H3. The molecule has 0 spiro atoms. The Morgan fingerprint density at radius 3 is 2.61 bits per heavy atom. The molecule has 1 saturated heterocycles. The van der Waals surface area contributed by atoms with Gasteiger partial charge >= 0.3 is 0 Å². The largest absolute Gasteiger partial charge is 0.299 e. The maximum Gasteiger partial charge on any atom is 0.105 e. The molecule has 0 aromatic rings. The molecule has 18 heavy (non-hydrogen) atoms. The van der Waals surface area contributed by atoms with Crippen molar-refractivity contribution in [2.75, 3.05) is 24.6 Å². The topological polar surface area (TPSA) is 56.1 Å². The molecule has 1 heterocycles. The molecule has 2 aliphatic rings. The highest BCUT2D eigenvalue weighted by molar-refractivity contribution is 7.85. The van der Waals surface area contributed by atoms with Crippen molar-refractivity contribution in [3.05, 3.63) is 0 Å². The van der Waals surface area contributed by atoms with Gasteiger partial charge in [0.2, 0.25) is 0 Å². The Bertz CT molecular complexity index is 354. The molecule has 1 aliphatic carbocycles. The second-order valence-corrected chi connectivity index (χ2v) is 7.50. The highest BCUT2D eigenvalue weighted by Crippen LogP contribution is 2.25. The van der Waals surface area contributed by atoms with E-state index >= 15 is 0 Å². The molecule has 0 aromatic heterocycles. The summed E-state index contributed by atoms with van der Waals surface area (Å²) in [5, 5.41) is 12.8. The van der Waals surface area contributed by atoms with Crippen molar-refractivity contribution < 1.29 is 4.21 Å². The van der Waals surface area contributed by atoms with Gasteiger partial charge in [0.05, 0.1) is 6.07 Å². The number of nitriles is 1. The Morgan fingerprint density at radius 2 is 2.11 bits per heavy atom. The van der Waals surface area contributed by atoms with Crippen molar-refractivity contribution in [1.29, 1.82) is 5.26 Å². The minimum Gasteiger partial charge on any atom is -0.299 e. The van der Waals surface area contributed by atoms with E-state index in [-0.39, 0.29) is 0 Å². The van der Waals surface area contributed by atoms with E-state index < -0.39 is 16.3 Å². The highest BCUT2D eigenvalue weighted by atomic mass is 32.2. The zero-order chi connectivity index (χ0) is 13.2. The first kappa shape index (κ1) is 14.0. The predicted molar refractivity (Wildman–Crippen MR) is 73.7 cm³/mol. The van der Waals surface area contributed by atoms with Crippen LogP contribution in [-0.4, -0.2) is 51.3 Å². The first-order chi connectivity index (χ1) is 8.52. The van der Waals surface area contributed by atoms with Crippen molar-refractivity contribution in [2.24, 2.45) is 0 Å². The summed E-state index contributed by atoms with van der Waals surface area (Å²) < 4.78 is 11.3. The van der Waals surface area contributed by atoms with E-state index in [9.17, 15) is 9.47 Å². The SMILES string of the molecule is CC(CC(C)(C#N)NC1CC1)N1CCS(=O)CC1. The molecule has 1 aliphatic heterocycles. The molecule has 2 rings (SSSR count). The number of nitrogens with one attached hydrogen (secondary N) is 1. The molecule has 102 valence electrons. The second-order valence-electron chi connectivity index (χ2n) is 5.80. The van der Waals surface area contributed by atoms with Crippen molar-refractivity contribution in [1.82, 2.24) is 10.2 Å². The molecule has 2 fully saturated rings. The van der Waals surface area contributed by atoms with Gasteiger partial charge in [-0.2, -0.15) is 5.26 Å². The van der Waals surface area contributed by atoms with Crippen LogP contribution in [0, 0.1) is 11.3 Å². The van der Waals surface area contributed by atoms with Gasteiger partial charge in [-0.15, -0.1) is 0 Å². The average Bonchev–Trinajstić information content (AvgIpc) is 3.13. The van der Waals surface area contributed by atoms with Crippen molar-refractivity contribution in [3.8, 4) is 6.07 Å². The highest BCUT2D eigenvalue weighted by Gasteiger charge is 2.35. The summed E-state index contributed by atoms with van der Waals surface area (Å²) in [5.41, 5.74) is -0.419. The van der Waals surface area contributed by atoms with E-state index in [1.807, 2.05) is 6.92 Å². The third kappa shape index (κ3) is 3.78. The normalized spacial score (nSPS) is 27.4. The lowest BCUT2D eigenvalue weighted by molar-refractivity contribution is 0.190. The number of hydrogen-bond donors (Lipinski definition) is 1. The first-order valence-electron chi connectivity index (χ1n) is 6.80. The quantitative estimate of drug-likeness (QED) is 0.804. The van der Waals surface area contributed by atoms with Gasteiger partial charge in [-0.3, -0.25) is 14.4 Å². The zero-order valence-corrected chi connectivity index (χ0v) is 12.1. The van der Waals surface area contributed by atoms with Crippen molar-refractivity contribution >= 4 is 10.8 Å². The van der Waals surface area contributed by atoms with E-state index in [1.165, 1.54) is 12.8 Å². The summed E-state index contributed by atoms with van der Waals surface area (Å²) in [6, 6.07) is 3.36. The fraction of sp³-hybridized carbons (Fsp3) is 0.923. The summed E-state index contributed by atoms with van der Waals surface area (Å²) >= 11 is 0. The number of hydrogen-bond acceptors (Lipinski definition) is 4. The summed E-state index contributed by atoms with van der Waals surface area (Å²) in [6.07, 6.45) is 3.25. The molecule has 0 radical (unpaired) electrons. The maximum atomic E-state index is 11.3. The molecule has 4 nitrogen and oxygen atoms in total. The lowest BCUT2D eigenvalue weighted by Crippen LogP contribution is -2.50. The summed E-state index contributed by atoms with van der Waals surface area (Å²) in [5.74, 6) is 1.56. The van der Waals surface area contributed by atoms with Crippen molar-refractivity contribution in [3.63, 3.8) is 0 Å². The van der Waals surface area contributed by atoms with Crippen LogP contribution in [0.15, 0.2) is 0 Å². The molecule has 0 amide bonds. The Kier molecular flexibility index (Phi) is 4.41. The third-order valence-electron chi connectivity index (χ3n) is 3.89. The van der Waals surface area contributed by atoms with Crippen LogP contribution in [0.2, 0.25) is 0 Å². The maximum absolute atomic E-state index is 11.3. The molecular weight excluding hydrogens is 246 g/mol. The minimum absolute atomic E-state index is 0.373. The Labute approximate surface area is 112 Å². The van der Waals surface area contributed by atoms with Crippen LogP contribution >= 0.6 is 0 Å². The fourth-order valence-corrected chi connectivity index (χ4v) is 3.71. The Balaban J connectivity index is 1.86. The van der Waals surface area contributed by atoms with Gasteiger partial charge in [0.25, 0.3) is 0 Å². The zero-order valence-electron chi connectivity index (χ0n) is 11.3. The second kappa shape index (κ2) is 5.68. The fourth-order valence-electron chi connectivity index (χ4n) is 2.63. The van der Waals surface area contributed by atoms with Gasteiger partial charge in [0, 0.05) is 47.5 Å². The number of rotatable bonds is 5. The van der Waals surface area contributed by atoms with Gasteiger partial charge in [-0.05, 0) is 33.1 Å². The number of nitrogens with zero attached hydrogens (tertiary/aromatic N) is 2. The lowest BCUT2D eigenvalue weighted by Gasteiger charge is -2.36. The molecule has 0 aromatic carbocycles. The molecule has 1 N–H and O–H groups in total. The summed E-state index contributed by atoms with van der Waals surface area (Å²) in [6.45, 7) is 5.99. The Hall–Kier alpha value is -0.440. The summed E-state index contributed by atoms with van der Waals surface area (Å²) in [7, 11) is -0.624. The third-order valence-corrected chi connectivity index (χ3v) is 5.16. The van der Waals surface area contributed by atoms with Gasteiger partial charge in [-0.25, -0.2) is 0 Å². The predicted octanol–water partition coefficient (Wildman–Crippen LogP) is 0.864. The molecule has 2 atom stereocenters. The van der Waals surface area contributed by atoms with Crippen LogP contribution in [0.4, 0.5) is 0 Å². The van der Waals surface area contributed by atoms with E-state index in [0.717, 1.165) is 31.0 Å². The first-order valence-corrected chi connectivity index (χ1v) is 8.29. The minimum atomic E-state index is -0.624. The van der Waals surface area contributed by atoms with E-state index in [4.69, 9.17) is 0 Å². The molecule has 5 heteroatoms. The van der Waals surface area contributed by atoms with Crippen LogP contribution in [0.5, 0.6) is 0 Å².